The molecule has 1 fully saturated rings. The van der Waals surface area contributed by atoms with Gasteiger partial charge in [0.25, 0.3) is 0 Å². The fourth-order valence-electron chi connectivity index (χ4n) is 2.44. The first-order chi connectivity index (χ1) is 9.40. The Bertz CT molecular complexity index is 487. The fraction of sp³-hybridized carbons (Fsp3) is 0.615. The zero-order chi connectivity index (χ0) is 14.8. The van der Waals surface area contributed by atoms with E-state index in [0.29, 0.717) is 38.0 Å². The molecule has 0 spiro atoms. The van der Waals surface area contributed by atoms with Crippen molar-refractivity contribution >= 4 is 11.3 Å². The zero-order valence-corrected chi connectivity index (χ0v) is 11.5. The van der Waals surface area contributed by atoms with Gasteiger partial charge in [-0.05, 0) is 37.9 Å². The van der Waals surface area contributed by atoms with Gasteiger partial charge in [-0.15, -0.1) is 11.3 Å². The van der Waals surface area contributed by atoms with Crippen molar-refractivity contribution in [1.82, 2.24) is 4.90 Å². The van der Waals surface area contributed by atoms with E-state index in [2.05, 4.69) is 11.0 Å². The number of likely N-dealkylation sites (tertiary alicyclic amines) is 1. The van der Waals surface area contributed by atoms with Gasteiger partial charge >= 0.3 is 6.18 Å². The lowest BCUT2D eigenvalue weighted by molar-refractivity contribution is -0.223. The highest BCUT2D eigenvalue weighted by Gasteiger charge is 2.44. The summed E-state index contributed by atoms with van der Waals surface area (Å²) in [5.41, 5.74) is 0.618. The van der Waals surface area contributed by atoms with Crippen LogP contribution in [-0.2, 0) is 6.54 Å². The lowest BCUT2D eigenvalue weighted by Crippen LogP contribution is -2.43. The standard InChI is InChI=1S/C13H15F3N2OS/c14-13(15,16)12(19)10-1-3-18(4-2-10)7-11-5-9(6-17)8-20-11/h5,8,10,12,19H,1-4,7H2. The molecule has 2 heterocycles. The van der Waals surface area contributed by atoms with Crippen LogP contribution in [-0.4, -0.2) is 35.4 Å². The van der Waals surface area contributed by atoms with E-state index in [1.54, 1.807) is 11.4 Å². The first kappa shape index (κ1) is 15.3. The monoisotopic (exact) mass is 304 g/mol. The first-order valence-electron chi connectivity index (χ1n) is 6.35. The molecule has 0 amide bonds. The Morgan fingerprint density at radius 3 is 2.60 bits per heavy atom. The van der Waals surface area contributed by atoms with Crippen molar-refractivity contribution in [2.75, 3.05) is 13.1 Å². The van der Waals surface area contributed by atoms with Crippen molar-refractivity contribution in [2.24, 2.45) is 5.92 Å². The van der Waals surface area contributed by atoms with Gasteiger partial charge in [0.1, 0.15) is 6.07 Å². The Morgan fingerprint density at radius 2 is 2.10 bits per heavy atom. The fourth-order valence-corrected chi connectivity index (χ4v) is 3.29. The average molecular weight is 304 g/mol. The summed E-state index contributed by atoms with van der Waals surface area (Å²) in [5, 5.41) is 19.8. The van der Waals surface area contributed by atoms with Crippen LogP contribution in [0.25, 0.3) is 0 Å². The minimum absolute atomic E-state index is 0.344. The molecule has 1 aliphatic heterocycles. The summed E-state index contributed by atoms with van der Waals surface area (Å²) in [7, 11) is 0. The predicted octanol–water partition coefficient (Wildman–Crippen LogP) is 2.75. The third-order valence-corrected chi connectivity index (χ3v) is 4.50. The van der Waals surface area contributed by atoms with E-state index in [4.69, 9.17) is 5.26 Å². The summed E-state index contributed by atoms with van der Waals surface area (Å²) in [4.78, 5) is 3.10. The van der Waals surface area contributed by atoms with E-state index in [0.717, 1.165) is 4.88 Å². The topological polar surface area (TPSA) is 47.3 Å². The van der Waals surface area contributed by atoms with Crippen molar-refractivity contribution in [3.8, 4) is 6.07 Å². The van der Waals surface area contributed by atoms with E-state index in [1.807, 2.05) is 0 Å². The molecule has 0 aromatic carbocycles. The van der Waals surface area contributed by atoms with Gasteiger partial charge in [0.05, 0.1) is 5.56 Å². The third kappa shape index (κ3) is 3.72. The summed E-state index contributed by atoms with van der Waals surface area (Å²) in [6.07, 6.45) is -6.05. The molecule has 0 radical (unpaired) electrons. The number of rotatable bonds is 3. The summed E-state index contributed by atoms with van der Waals surface area (Å²) >= 11 is 1.49. The van der Waals surface area contributed by atoms with E-state index in [-0.39, 0.29) is 0 Å². The third-order valence-electron chi connectivity index (χ3n) is 3.58. The number of nitrogens with zero attached hydrogens (tertiary/aromatic N) is 2. The van der Waals surface area contributed by atoms with Crippen LogP contribution in [0.2, 0.25) is 0 Å². The SMILES string of the molecule is N#Cc1csc(CN2CCC(C(O)C(F)(F)F)CC2)c1. The molecule has 0 aliphatic carbocycles. The van der Waals surface area contributed by atoms with Crippen molar-refractivity contribution in [1.29, 1.82) is 5.26 Å². The molecule has 1 aliphatic rings. The van der Waals surface area contributed by atoms with Crippen LogP contribution in [0, 0.1) is 17.2 Å². The largest absolute Gasteiger partial charge is 0.414 e. The number of nitriles is 1. The minimum Gasteiger partial charge on any atom is -0.383 e. The van der Waals surface area contributed by atoms with Crippen molar-refractivity contribution in [3.63, 3.8) is 0 Å². The highest BCUT2D eigenvalue weighted by Crippen LogP contribution is 2.32. The Morgan fingerprint density at radius 1 is 1.45 bits per heavy atom. The lowest BCUT2D eigenvalue weighted by Gasteiger charge is -2.34. The number of alkyl halides is 3. The van der Waals surface area contributed by atoms with Crippen LogP contribution < -0.4 is 0 Å². The molecule has 3 nitrogen and oxygen atoms in total. The van der Waals surface area contributed by atoms with E-state index >= 15 is 0 Å². The Balaban J connectivity index is 1.84. The Labute approximate surface area is 119 Å². The summed E-state index contributed by atoms with van der Waals surface area (Å²) in [6, 6.07) is 3.86. The molecule has 1 aromatic rings. The summed E-state index contributed by atoms with van der Waals surface area (Å²) in [6.45, 7) is 1.73. The van der Waals surface area contributed by atoms with Gasteiger partial charge in [0.15, 0.2) is 6.10 Å². The number of piperidine rings is 1. The van der Waals surface area contributed by atoms with Crippen LogP contribution in [0.5, 0.6) is 0 Å². The number of hydrogen-bond donors (Lipinski definition) is 1. The molecule has 1 atom stereocenters. The minimum atomic E-state index is -4.53. The van der Waals surface area contributed by atoms with Crippen molar-refractivity contribution in [3.05, 3.63) is 21.9 Å². The maximum Gasteiger partial charge on any atom is 0.414 e. The number of halogens is 3. The molecule has 20 heavy (non-hydrogen) atoms. The average Bonchev–Trinajstić information content (AvgIpc) is 2.85. The van der Waals surface area contributed by atoms with Gasteiger partial charge in [0, 0.05) is 16.8 Å². The van der Waals surface area contributed by atoms with E-state index in [1.165, 1.54) is 11.3 Å². The maximum absolute atomic E-state index is 12.4. The second-order valence-corrected chi connectivity index (χ2v) is 6.01. The summed E-state index contributed by atoms with van der Waals surface area (Å²) < 4.78 is 37.3. The van der Waals surface area contributed by atoms with Gasteiger partial charge < -0.3 is 5.11 Å². The predicted molar refractivity (Wildman–Crippen MR) is 69.1 cm³/mol. The summed E-state index contributed by atoms with van der Waals surface area (Å²) in [5.74, 6) is -0.704. The molecule has 1 saturated heterocycles. The molecule has 0 saturated carbocycles. The van der Waals surface area contributed by atoms with Crippen LogP contribution in [0.4, 0.5) is 13.2 Å². The van der Waals surface area contributed by atoms with Gasteiger partial charge in [-0.1, -0.05) is 0 Å². The second-order valence-electron chi connectivity index (χ2n) is 5.01. The number of thiophene rings is 1. The molecular formula is C13H15F3N2OS. The van der Waals surface area contributed by atoms with E-state index < -0.39 is 18.2 Å². The van der Waals surface area contributed by atoms with Gasteiger partial charge in [0.2, 0.25) is 0 Å². The van der Waals surface area contributed by atoms with Crippen LogP contribution >= 0.6 is 11.3 Å². The Kier molecular flexibility index (Phi) is 4.68. The smallest absolute Gasteiger partial charge is 0.383 e. The molecule has 2 rings (SSSR count). The zero-order valence-electron chi connectivity index (χ0n) is 10.7. The number of aliphatic hydroxyl groups is 1. The van der Waals surface area contributed by atoms with Crippen molar-refractivity contribution < 1.29 is 18.3 Å². The highest BCUT2D eigenvalue weighted by atomic mass is 32.1. The highest BCUT2D eigenvalue weighted by molar-refractivity contribution is 7.10. The molecule has 110 valence electrons. The first-order valence-corrected chi connectivity index (χ1v) is 7.22. The second kappa shape index (κ2) is 6.12. The van der Waals surface area contributed by atoms with Crippen LogP contribution in [0.15, 0.2) is 11.4 Å². The van der Waals surface area contributed by atoms with Gasteiger partial charge in [-0.2, -0.15) is 18.4 Å². The molecular weight excluding hydrogens is 289 g/mol. The maximum atomic E-state index is 12.4. The molecule has 0 bridgehead atoms. The normalized spacial score (nSPS) is 19.8. The van der Waals surface area contributed by atoms with Crippen LogP contribution in [0.3, 0.4) is 0 Å². The quantitative estimate of drug-likeness (QED) is 0.934. The van der Waals surface area contributed by atoms with Crippen molar-refractivity contribution in [2.45, 2.75) is 31.7 Å². The number of hydrogen-bond acceptors (Lipinski definition) is 4. The Hall–Kier alpha value is -1.10. The number of aliphatic hydroxyl groups excluding tert-OH is 1. The molecule has 1 aromatic heterocycles. The molecule has 1 unspecified atom stereocenters. The molecule has 1 N–H and O–H groups in total. The van der Waals surface area contributed by atoms with Gasteiger partial charge in [-0.25, -0.2) is 0 Å². The van der Waals surface area contributed by atoms with Crippen LogP contribution in [0.1, 0.15) is 23.3 Å². The van der Waals surface area contributed by atoms with E-state index in [9.17, 15) is 18.3 Å². The molecule has 7 heteroatoms. The lowest BCUT2D eigenvalue weighted by atomic mass is 9.91. The van der Waals surface area contributed by atoms with Gasteiger partial charge in [-0.3, -0.25) is 4.90 Å².